The van der Waals surface area contributed by atoms with E-state index in [4.69, 9.17) is 10.9 Å². The molecule has 3 aromatic rings. The van der Waals surface area contributed by atoms with Crippen LogP contribution in [0, 0.1) is 11.6 Å². The van der Waals surface area contributed by atoms with Crippen LogP contribution < -0.4 is 16.2 Å². The Hall–Kier alpha value is -3.38. The highest BCUT2D eigenvalue weighted by Gasteiger charge is 2.20. The first-order valence-electron chi connectivity index (χ1n) is 7.27. The molecule has 2 aromatic carbocycles. The highest BCUT2D eigenvalue weighted by atomic mass is 32.2. The molecule has 0 amide bonds. The maximum Gasteiger partial charge on any atom is 0.284 e. The van der Waals surface area contributed by atoms with E-state index >= 15 is 0 Å². The van der Waals surface area contributed by atoms with Crippen molar-refractivity contribution in [2.24, 2.45) is 5.14 Å². The molecule has 27 heavy (non-hydrogen) atoms. The lowest BCUT2D eigenvalue weighted by atomic mass is 10.2. The third-order valence-electron chi connectivity index (χ3n) is 3.43. The SMILES string of the molecule is Nc1nc(Nc2ccc(S(N)(=O)=O)cc2)nn1C(=O)c1ccc(F)cc1F. The average molecular weight is 394 g/mol. The number of primary sulfonamides is 1. The number of aromatic nitrogens is 3. The zero-order chi connectivity index (χ0) is 19.8. The summed E-state index contributed by atoms with van der Waals surface area (Å²) in [7, 11) is -3.83. The molecule has 0 saturated carbocycles. The normalized spacial score (nSPS) is 11.4. The molecule has 0 spiro atoms. The fourth-order valence-electron chi connectivity index (χ4n) is 2.16. The van der Waals surface area contributed by atoms with E-state index in [0.29, 0.717) is 16.4 Å². The summed E-state index contributed by atoms with van der Waals surface area (Å²) in [6.07, 6.45) is 0. The second kappa shape index (κ2) is 6.74. The standard InChI is InChI=1S/C15H12F2N6O3S/c16-8-1-6-11(12(17)7-8)13(24)23-14(18)21-15(22-23)20-9-2-4-10(5-3-9)27(19,25)26/h1-7H,(H2,19,25,26)(H3,18,20,21,22). The van der Waals surface area contributed by atoms with Crippen molar-refractivity contribution in [1.29, 1.82) is 0 Å². The van der Waals surface area contributed by atoms with Gasteiger partial charge in [0.2, 0.25) is 21.9 Å². The molecule has 0 bridgehead atoms. The van der Waals surface area contributed by atoms with E-state index in [1.165, 1.54) is 24.3 Å². The van der Waals surface area contributed by atoms with Crippen molar-refractivity contribution in [2.45, 2.75) is 4.90 Å². The van der Waals surface area contributed by atoms with Crippen LogP contribution in [0.2, 0.25) is 0 Å². The van der Waals surface area contributed by atoms with E-state index in [1.54, 1.807) is 0 Å². The summed E-state index contributed by atoms with van der Waals surface area (Å²) in [6.45, 7) is 0. The Morgan fingerprint density at radius 1 is 1.11 bits per heavy atom. The van der Waals surface area contributed by atoms with Crippen molar-refractivity contribution in [2.75, 3.05) is 11.1 Å². The number of nitrogens with one attached hydrogen (secondary N) is 1. The van der Waals surface area contributed by atoms with Gasteiger partial charge in [0.15, 0.2) is 0 Å². The molecule has 1 aromatic heterocycles. The summed E-state index contributed by atoms with van der Waals surface area (Å²) in [5.74, 6) is -3.25. The quantitative estimate of drug-likeness (QED) is 0.603. The molecule has 3 rings (SSSR count). The number of nitrogens with two attached hydrogens (primary N) is 2. The largest absolute Gasteiger partial charge is 0.368 e. The Balaban J connectivity index is 1.85. The zero-order valence-corrected chi connectivity index (χ0v) is 14.2. The molecule has 5 N–H and O–H groups in total. The number of carbonyl (C=O) groups excluding carboxylic acids is 1. The zero-order valence-electron chi connectivity index (χ0n) is 13.4. The van der Waals surface area contributed by atoms with Gasteiger partial charge in [-0.05, 0) is 36.4 Å². The van der Waals surface area contributed by atoms with Gasteiger partial charge in [0, 0.05) is 11.8 Å². The van der Waals surface area contributed by atoms with Crippen molar-refractivity contribution < 1.29 is 22.0 Å². The van der Waals surface area contributed by atoms with E-state index in [1.807, 2.05) is 0 Å². The Labute approximate surface area is 151 Å². The van der Waals surface area contributed by atoms with Crippen LogP contribution in [0.15, 0.2) is 47.4 Å². The molecule has 1 heterocycles. The van der Waals surface area contributed by atoms with E-state index in [-0.39, 0.29) is 16.8 Å². The molecule has 0 fully saturated rings. The molecular formula is C15H12F2N6O3S. The molecule has 140 valence electrons. The van der Waals surface area contributed by atoms with Gasteiger partial charge in [-0.2, -0.15) is 9.67 Å². The Kier molecular flexibility index (Phi) is 4.59. The van der Waals surface area contributed by atoms with Gasteiger partial charge in [-0.25, -0.2) is 22.3 Å². The van der Waals surface area contributed by atoms with Crippen molar-refractivity contribution in [3.05, 3.63) is 59.7 Å². The number of hydrogen-bond donors (Lipinski definition) is 3. The summed E-state index contributed by atoms with van der Waals surface area (Å²) >= 11 is 0. The Morgan fingerprint density at radius 3 is 2.37 bits per heavy atom. The minimum Gasteiger partial charge on any atom is -0.368 e. The van der Waals surface area contributed by atoms with Crippen LogP contribution in [0.5, 0.6) is 0 Å². The van der Waals surface area contributed by atoms with Crippen LogP contribution in [0.25, 0.3) is 0 Å². The molecule has 9 nitrogen and oxygen atoms in total. The molecule has 0 atom stereocenters. The minimum atomic E-state index is -3.83. The molecular weight excluding hydrogens is 382 g/mol. The van der Waals surface area contributed by atoms with Gasteiger partial charge in [0.1, 0.15) is 11.6 Å². The van der Waals surface area contributed by atoms with Gasteiger partial charge in [-0.15, -0.1) is 5.10 Å². The summed E-state index contributed by atoms with van der Waals surface area (Å²) in [6, 6.07) is 7.78. The van der Waals surface area contributed by atoms with Gasteiger partial charge in [0.05, 0.1) is 10.5 Å². The highest BCUT2D eigenvalue weighted by Crippen LogP contribution is 2.18. The number of anilines is 3. The molecule has 0 saturated heterocycles. The van der Waals surface area contributed by atoms with E-state index in [0.717, 1.165) is 12.1 Å². The first-order chi connectivity index (χ1) is 12.6. The topological polar surface area (TPSA) is 146 Å². The number of nitrogens with zero attached hydrogens (tertiary/aromatic N) is 3. The van der Waals surface area contributed by atoms with Crippen molar-refractivity contribution in [3.8, 4) is 0 Å². The summed E-state index contributed by atoms with van der Waals surface area (Å²) in [4.78, 5) is 16.1. The Morgan fingerprint density at radius 2 is 1.78 bits per heavy atom. The number of hydrogen-bond acceptors (Lipinski definition) is 7. The molecule has 12 heteroatoms. The van der Waals surface area contributed by atoms with Gasteiger partial charge in [-0.3, -0.25) is 4.79 Å². The number of halogens is 2. The lowest BCUT2D eigenvalue weighted by Crippen LogP contribution is -2.18. The first-order valence-corrected chi connectivity index (χ1v) is 8.82. The molecule has 0 radical (unpaired) electrons. The fourth-order valence-corrected chi connectivity index (χ4v) is 2.68. The summed E-state index contributed by atoms with van der Waals surface area (Å²) < 4.78 is 49.9. The van der Waals surface area contributed by atoms with Crippen molar-refractivity contribution >= 4 is 33.5 Å². The molecule has 0 unspecified atom stereocenters. The first kappa shape index (κ1) is 18.4. The van der Waals surface area contributed by atoms with Crippen molar-refractivity contribution in [1.82, 2.24) is 14.8 Å². The maximum absolute atomic E-state index is 13.8. The second-order valence-corrected chi connectivity index (χ2v) is 6.89. The van der Waals surface area contributed by atoms with Gasteiger partial charge < -0.3 is 11.1 Å². The van der Waals surface area contributed by atoms with Crippen LogP contribution in [-0.2, 0) is 10.0 Å². The number of nitrogen functional groups attached to an aromatic ring is 1. The van der Waals surface area contributed by atoms with E-state index in [9.17, 15) is 22.0 Å². The lowest BCUT2D eigenvalue weighted by molar-refractivity contribution is 0.0944. The predicted octanol–water partition coefficient (Wildman–Crippen LogP) is 1.22. The fraction of sp³-hybridized carbons (Fsp3) is 0. The third kappa shape index (κ3) is 3.91. The van der Waals surface area contributed by atoms with E-state index < -0.39 is 33.1 Å². The second-order valence-electron chi connectivity index (χ2n) is 5.33. The summed E-state index contributed by atoms with van der Waals surface area (Å²) in [5.41, 5.74) is 5.59. The monoisotopic (exact) mass is 394 g/mol. The van der Waals surface area contributed by atoms with Gasteiger partial charge in [0.25, 0.3) is 5.91 Å². The number of carbonyl (C=O) groups is 1. The van der Waals surface area contributed by atoms with Crippen LogP contribution in [-0.4, -0.2) is 29.1 Å². The van der Waals surface area contributed by atoms with Crippen LogP contribution >= 0.6 is 0 Å². The van der Waals surface area contributed by atoms with Crippen molar-refractivity contribution in [3.63, 3.8) is 0 Å². The number of benzene rings is 2. The molecule has 0 aliphatic carbocycles. The third-order valence-corrected chi connectivity index (χ3v) is 4.35. The average Bonchev–Trinajstić information content (AvgIpc) is 2.94. The van der Waals surface area contributed by atoms with Crippen LogP contribution in [0.3, 0.4) is 0 Å². The Bertz CT molecular complexity index is 1130. The lowest BCUT2D eigenvalue weighted by Gasteiger charge is -2.04. The number of rotatable bonds is 4. The number of sulfonamides is 1. The van der Waals surface area contributed by atoms with E-state index in [2.05, 4.69) is 15.4 Å². The van der Waals surface area contributed by atoms with Crippen LogP contribution in [0.1, 0.15) is 10.4 Å². The smallest absolute Gasteiger partial charge is 0.284 e. The highest BCUT2D eigenvalue weighted by molar-refractivity contribution is 7.89. The maximum atomic E-state index is 13.8. The molecule has 0 aliphatic rings. The minimum absolute atomic E-state index is 0.0898. The van der Waals surface area contributed by atoms with Gasteiger partial charge in [-0.1, -0.05) is 0 Å². The predicted molar refractivity (Wildman–Crippen MR) is 91.6 cm³/mol. The van der Waals surface area contributed by atoms with Gasteiger partial charge >= 0.3 is 0 Å². The summed E-state index contributed by atoms with van der Waals surface area (Å²) in [5, 5.41) is 11.6. The molecule has 0 aliphatic heterocycles. The van der Waals surface area contributed by atoms with Crippen LogP contribution in [0.4, 0.5) is 26.4 Å².